The van der Waals surface area contributed by atoms with Crippen molar-refractivity contribution in [1.82, 2.24) is 5.43 Å². The second-order valence-corrected chi connectivity index (χ2v) is 5.28. The maximum atomic E-state index is 11.7. The zero-order valence-electron chi connectivity index (χ0n) is 12.4. The molecule has 0 atom stereocenters. The largest absolute Gasteiger partial charge is 0.273 e. The molecule has 1 N–H and O–H groups in total. The molecule has 0 unspecified atom stereocenters. The lowest BCUT2D eigenvalue weighted by Crippen LogP contribution is -2.19. The van der Waals surface area contributed by atoms with E-state index in [2.05, 4.69) is 36.5 Å². The lowest BCUT2D eigenvalue weighted by molar-refractivity contribution is -0.120. The number of carbonyl (C=O) groups is 1. The van der Waals surface area contributed by atoms with Crippen LogP contribution in [0.4, 0.5) is 0 Å². The number of amides is 1. The maximum Gasteiger partial charge on any atom is 0.244 e. The molecule has 2 aromatic rings. The lowest BCUT2D eigenvalue weighted by atomic mass is 10.0. The fourth-order valence-electron chi connectivity index (χ4n) is 1.97. The van der Waals surface area contributed by atoms with Crippen molar-refractivity contribution in [1.29, 1.82) is 0 Å². The molecular formula is C18H20N2O. The van der Waals surface area contributed by atoms with E-state index in [1.807, 2.05) is 42.5 Å². The number of carbonyl (C=O) groups excluding carboxylic acids is 1. The van der Waals surface area contributed by atoms with Gasteiger partial charge in [0.2, 0.25) is 5.91 Å². The third-order valence-electron chi connectivity index (χ3n) is 3.21. The second kappa shape index (κ2) is 7.39. The summed E-state index contributed by atoms with van der Waals surface area (Å²) >= 11 is 0. The molecule has 2 rings (SSSR count). The standard InChI is InChI=1S/C18H20N2O/c1-14(2)17-10-8-16(9-11-17)13-19-20-18(21)12-15-6-4-3-5-7-15/h3-11,13-14H,12H2,1-2H3,(H,20,21)/b19-13+. The van der Waals surface area contributed by atoms with E-state index >= 15 is 0 Å². The van der Waals surface area contributed by atoms with Crippen LogP contribution >= 0.6 is 0 Å². The van der Waals surface area contributed by atoms with Crippen molar-refractivity contribution in [3.05, 3.63) is 71.3 Å². The minimum absolute atomic E-state index is 0.115. The van der Waals surface area contributed by atoms with Gasteiger partial charge in [-0.05, 0) is 22.6 Å². The van der Waals surface area contributed by atoms with Crippen molar-refractivity contribution in [3.63, 3.8) is 0 Å². The molecule has 0 radical (unpaired) electrons. The molecule has 3 nitrogen and oxygen atoms in total. The molecule has 108 valence electrons. The molecule has 21 heavy (non-hydrogen) atoms. The van der Waals surface area contributed by atoms with Crippen molar-refractivity contribution in [3.8, 4) is 0 Å². The van der Waals surface area contributed by atoms with Crippen molar-refractivity contribution < 1.29 is 4.79 Å². The van der Waals surface area contributed by atoms with Crippen LogP contribution in [0.1, 0.15) is 36.5 Å². The Morgan fingerprint density at radius 2 is 1.76 bits per heavy atom. The summed E-state index contributed by atoms with van der Waals surface area (Å²) in [5.41, 5.74) is 5.79. The molecule has 1 amide bonds. The number of hydrogen-bond acceptors (Lipinski definition) is 2. The van der Waals surface area contributed by atoms with Gasteiger partial charge >= 0.3 is 0 Å². The quantitative estimate of drug-likeness (QED) is 0.661. The average molecular weight is 280 g/mol. The van der Waals surface area contributed by atoms with Crippen LogP contribution in [0.3, 0.4) is 0 Å². The lowest BCUT2D eigenvalue weighted by Gasteiger charge is -2.04. The topological polar surface area (TPSA) is 41.5 Å². The average Bonchev–Trinajstić information content (AvgIpc) is 2.49. The number of benzene rings is 2. The minimum Gasteiger partial charge on any atom is -0.273 e. The summed E-state index contributed by atoms with van der Waals surface area (Å²) in [5, 5.41) is 3.99. The van der Waals surface area contributed by atoms with Crippen molar-refractivity contribution >= 4 is 12.1 Å². The Kier molecular flexibility index (Phi) is 5.27. The van der Waals surface area contributed by atoms with Crippen LogP contribution in [0.2, 0.25) is 0 Å². The molecule has 3 heteroatoms. The summed E-state index contributed by atoms with van der Waals surface area (Å²) in [4.78, 5) is 11.7. The van der Waals surface area contributed by atoms with Crippen molar-refractivity contribution in [2.45, 2.75) is 26.2 Å². The highest BCUT2D eigenvalue weighted by atomic mass is 16.2. The molecule has 0 aromatic heterocycles. The first-order valence-corrected chi connectivity index (χ1v) is 7.11. The SMILES string of the molecule is CC(C)c1ccc(/C=N/NC(=O)Cc2ccccc2)cc1. The Balaban J connectivity index is 1.86. The van der Waals surface area contributed by atoms with Gasteiger partial charge in [-0.1, -0.05) is 68.4 Å². The molecule has 0 aliphatic heterocycles. The maximum absolute atomic E-state index is 11.7. The van der Waals surface area contributed by atoms with E-state index in [0.717, 1.165) is 11.1 Å². The number of hydrazone groups is 1. The zero-order valence-corrected chi connectivity index (χ0v) is 12.4. The highest BCUT2D eigenvalue weighted by molar-refractivity contribution is 5.83. The Morgan fingerprint density at radius 1 is 1.10 bits per heavy atom. The van der Waals surface area contributed by atoms with Gasteiger partial charge in [-0.3, -0.25) is 4.79 Å². The van der Waals surface area contributed by atoms with E-state index in [0.29, 0.717) is 12.3 Å². The zero-order chi connectivity index (χ0) is 15.1. The third kappa shape index (κ3) is 4.88. The fourth-order valence-corrected chi connectivity index (χ4v) is 1.97. The molecule has 0 saturated carbocycles. The summed E-state index contributed by atoms with van der Waals surface area (Å²) < 4.78 is 0. The normalized spacial score (nSPS) is 11.0. The first-order chi connectivity index (χ1) is 10.1. The van der Waals surface area contributed by atoms with Crippen LogP contribution < -0.4 is 5.43 Å². The van der Waals surface area contributed by atoms with Gasteiger partial charge in [0.15, 0.2) is 0 Å². The Labute approximate surface area is 125 Å². The van der Waals surface area contributed by atoms with Gasteiger partial charge in [0, 0.05) is 0 Å². The monoisotopic (exact) mass is 280 g/mol. The Hall–Kier alpha value is -2.42. The predicted molar refractivity (Wildman–Crippen MR) is 86.4 cm³/mol. The van der Waals surface area contributed by atoms with Gasteiger partial charge in [-0.15, -0.1) is 0 Å². The van der Waals surface area contributed by atoms with Gasteiger partial charge in [-0.25, -0.2) is 5.43 Å². The van der Waals surface area contributed by atoms with Gasteiger partial charge in [0.05, 0.1) is 12.6 Å². The van der Waals surface area contributed by atoms with Crippen LogP contribution in [0, 0.1) is 0 Å². The van der Waals surface area contributed by atoms with Crippen molar-refractivity contribution in [2.24, 2.45) is 5.10 Å². The molecule has 0 fully saturated rings. The van der Waals surface area contributed by atoms with E-state index in [-0.39, 0.29) is 5.91 Å². The molecule has 2 aromatic carbocycles. The molecule has 0 heterocycles. The van der Waals surface area contributed by atoms with E-state index < -0.39 is 0 Å². The number of rotatable bonds is 5. The summed E-state index contributed by atoms with van der Waals surface area (Å²) in [5.74, 6) is 0.401. The number of nitrogens with one attached hydrogen (secondary N) is 1. The van der Waals surface area contributed by atoms with E-state index in [1.165, 1.54) is 5.56 Å². The van der Waals surface area contributed by atoms with Gasteiger partial charge < -0.3 is 0 Å². The van der Waals surface area contributed by atoms with Gasteiger partial charge in [0.1, 0.15) is 0 Å². The fraction of sp³-hybridized carbons (Fsp3) is 0.222. The Bertz CT molecular complexity index is 601. The van der Waals surface area contributed by atoms with Crippen LogP contribution in [0.15, 0.2) is 59.7 Å². The van der Waals surface area contributed by atoms with Crippen LogP contribution in [-0.4, -0.2) is 12.1 Å². The molecular weight excluding hydrogens is 260 g/mol. The molecule has 0 aliphatic carbocycles. The minimum atomic E-state index is -0.115. The highest BCUT2D eigenvalue weighted by Crippen LogP contribution is 2.13. The third-order valence-corrected chi connectivity index (χ3v) is 3.21. The van der Waals surface area contributed by atoms with E-state index in [9.17, 15) is 4.79 Å². The first-order valence-electron chi connectivity index (χ1n) is 7.11. The smallest absolute Gasteiger partial charge is 0.244 e. The van der Waals surface area contributed by atoms with Crippen molar-refractivity contribution in [2.75, 3.05) is 0 Å². The molecule has 0 bridgehead atoms. The summed E-state index contributed by atoms with van der Waals surface area (Å²) in [7, 11) is 0. The number of nitrogens with zero attached hydrogens (tertiary/aromatic N) is 1. The second-order valence-electron chi connectivity index (χ2n) is 5.28. The van der Waals surface area contributed by atoms with Gasteiger partial charge in [-0.2, -0.15) is 5.10 Å². The van der Waals surface area contributed by atoms with Crippen LogP contribution in [0.5, 0.6) is 0 Å². The highest BCUT2D eigenvalue weighted by Gasteiger charge is 2.01. The summed E-state index contributed by atoms with van der Waals surface area (Å²) in [6.45, 7) is 4.32. The summed E-state index contributed by atoms with van der Waals surface area (Å²) in [6.07, 6.45) is 2.00. The van der Waals surface area contributed by atoms with Gasteiger partial charge in [0.25, 0.3) is 0 Å². The van der Waals surface area contributed by atoms with Crippen LogP contribution in [-0.2, 0) is 11.2 Å². The first kappa shape index (κ1) is 15.0. The summed E-state index contributed by atoms with van der Waals surface area (Å²) in [6, 6.07) is 17.8. The predicted octanol–water partition coefficient (Wildman–Crippen LogP) is 3.50. The Morgan fingerprint density at radius 3 is 2.38 bits per heavy atom. The van der Waals surface area contributed by atoms with E-state index in [1.54, 1.807) is 6.21 Å². The van der Waals surface area contributed by atoms with E-state index in [4.69, 9.17) is 0 Å². The molecule has 0 saturated heterocycles. The molecule has 0 spiro atoms. The van der Waals surface area contributed by atoms with Crippen LogP contribution in [0.25, 0.3) is 0 Å². The number of hydrogen-bond donors (Lipinski definition) is 1. The molecule has 0 aliphatic rings.